The van der Waals surface area contributed by atoms with E-state index in [1.54, 1.807) is 0 Å². The lowest BCUT2D eigenvalue weighted by atomic mass is 9.93. The zero-order chi connectivity index (χ0) is 14.5. The predicted octanol–water partition coefficient (Wildman–Crippen LogP) is 2.99. The molecule has 1 N–H and O–H groups in total. The highest BCUT2D eigenvalue weighted by atomic mass is 16.1. The average molecular weight is 284 g/mol. The first-order valence-electron chi connectivity index (χ1n) is 8.05. The van der Waals surface area contributed by atoms with E-state index in [0.717, 1.165) is 38.9 Å². The number of hydrogen-bond acceptors (Lipinski definition) is 2. The molecular formula is C18H24N2O. The molecule has 2 atom stereocenters. The maximum Gasteiger partial charge on any atom is 0.223 e. The quantitative estimate of drug-likeness (QED) is 0.862. The van der Waals surface area contributed by atoms with Gasteiger partial charge in [0, 0.05) is 31.2 Å². The van der Waals surface area contributed by atoms with Gasteiger partial charge in [0.2, 0.25) is 5.91 Å². The van der Waals surface area contributed by atoms with Crippen molar-refractivity contribution in [1.82, 2.24) is 5.32 Å². The number of nitrogens with one attached hydrogen (secondary N) is 1. The summed E-state index contributed by atoms with van der Waals surface area (Å²) in [5, 5.41) is 3.17. The fourth-order valence-electron chi connectivity index (χ4n) is 3.29. The van der Waals surface area contributed by atoms with E-state index in [2.05, 4.69) is 52.7 Å². The second kappa shape index (κ2) is 6.79. The van der Waals surface area contributed by atoms with E-state index in [0.29, 0.717) is 5.92 Å². The highest BCUT2D eigenvalue weighted by Gasteiger charge is 2.24. The molecule has 112 valence electrons. The molecule has 0 bridgehead atoms. The van der Waals surface area contributed by atoms with E-state index in [-0.39, 0.29) is 11.8 Å². The van der Waals surface area contributed by atoms with E-state index in [9.17, 15) is 4.79 Å². The minimum Gasteiger partial charge on any atom is -0.371 e. The summed E-state index contributed by atoms with van der Waals surface area (Å²) in [5.74, 6) is 1.02. The van der Waals surface area contributed by atoms with Crippen LogP contribution in [0.2, 0.25) is 0 Å². The van der Waals surface area contributed by atoms with Crippen molar-refractivity contribution in [3.63, 3.8) is 0 Å². The first kappa shape index (κ1) is 14.2. The number of para-hydroxylation sites is 1. The van der Waals surface area contributed by atoms with Crippen LogP contribution in [0, 0.1) is 11.8 Å². The normalized spacial score (nSPS) is 25.0. The Balaban J connectivity index is 1.45. The standard InChI is InChI=1S/C18H24N2O/c21-18(16-7-3-1-4-8-16)19-13-15-11-12-20(14-15)17-9-5-2-6-10-17/h1-3,5-6,9-10,15-16H,4,7-8,11-14H2,(H,19,21). The Kier molecular flexibility index (Phi) is 4.59. The van der Waals surface area contributed by atoms with Crippen molar-refractivity contribution in [1.29, 1.82) is 0 Å². The molecule has 0 radical (unpaired) electrons. The van der Waals surface area contributed by atoms with Gasteiger partial charge in [-0.3, -0.25) is 4.79 Å². The van der Waals surface area contributed by atoms with Crippen LogP contribution in [0.3, 0.4) is 0 Å². The minimum absolute atomic E-state index is 0.196. The van der Waals surface area contributed by atoms with E-state index >= 15 is 0 Å². The Morgan fingerprint density at radius 2 is 2.05 bits per heavy atom. The molecule has 1 saturated heterocycles. The highest BCUT2D eigenvalue weighted by Crippen LogP contribution is 2.23. The Hall–Kier alpha value is -1.77. The van der Waals surface area contributed by atoms with Crippen LogP contribution in [-0.2, 0) is 4.79 Å². The molecule has 3 rings (SSSR count). The number of amides is 1. The number of anilines is 1. The van der Waals surface area contributed by atoms with Crippen LogP contribution in [0.25, 0.3) is 0 Å². The van der Waals surface area contributed by atoms with Gasteiger partial charge in [0.15, 0.2) is 0 Å². The highest BCUT2D eigenvalue weighted by molar-refractivity contribution is 5.79. The zero-order valence-corrected chi connectivity index (χ0v) is 12.5. The Morgan fingerprint density at radius 1 is 1.19 bits per heavy atom. The number of hydrogen-bond donors (Lipinski definition) is 1. The van der Waals surface area contributed by atoms with E-state index < -0.39 is 0 Å². The second-order valence-corrected chi connectivity index (χ2v) is 6.16. The lowest BCUT2D eigenvalue weighted by Gasteiger charge is -2.20. The monoisotopic (exact) mass is 284 g/mol. The largest absolute Gasteiger partial charge is 0.371 e. The van der Waals surface area contributed by atoms with Gasteiger partial charge in [0.25, 0.3) is 0 Å². The molecule has 2 aliphatic rings. The molecular weight excluding hydrogens is 260 g/mol. The van der Waals surface area contributed by atoms with E-state index in [1.807, 2.05) is 0 Å². The van der Waals surface area contributed by atoms with Crippen molar-refractivity contribution in [2.75, 3.05) is 24.5 Å². The molecule has 1 heterocycles. The summed E-state index contributed by atoms with van der Waals surface area (Å²) in [5.41, 5.74) is 1.30. The number of rotatable bonds is 4. The van der Waals surface area contributed by atoms with Gasteiger partial charge < -0.3 is 10.2 Å². The Labute approximate surface area is 127 Å². The number of allylic oxidation sites excluding steroid dienone is 2. The fourth-order valence-corrected chi connectivity index (χ4v) is 3.29. The van der Waals surface area contributed by atoms with Gasteiger partial charge in [0.05, 0.1) is 0 Å². The van der Waals surface area contributed by atoms with Crippen molar-refractivity contribution in [2.24, 2.45) is 11.8 Å². The number of nitrogens with zero attached hydrogens (tertiary/aromatic N) is 1. The van der Waals surface area contributed by atoms with Gasteiger partial charge in [-0.1, -0.05) is 30.4 Å². The third-order valence-corrected chi connectivity index (χ3v) is 4.61. The SMILES string of the molecule is O=C(NCC1CCN(c2ccccc2)C1)C1CC=CCC1. The first-order chi connectivity index (χ1) is 10.3. The van der Waals surface area contributed by atoms with E-state index in [4.69, 9.17) is 0 Å². The van der Waals surface area contributed by atoms with Gasteiger partial charge in [-0.2, -0.15) is 0 Å². The maximum atomic E-state index is 12.1. The molecule has 0 aromatic heterocycles. The van der Waals surface area contributed by atoms with Crippen LogP contribution in [0.15, 0.2) is 42.5 Å². The molecule has 3 heteroatoms. The molecule has 1 aliphatic carbocycles. The molecule has 0 spiro atoms. The third-order valence-electron chi connectivity index (χ3n) is 4.61. The lowest BCUT2D eigenvalue weighted by molar-refractivity contribution is -0.125. The summed E-state index contributed by atoms with van der Waals surface area (Å²) in [6, 6.07) is 10.5. The van der Waals surface area contributed by atoms with Gasteiger partial charge in [-0.15, -0.1) is 0 Å². The molecule has 0 saturated carbocycles. The molecule has 1 aromatic rings. The fraction of sp³-hybridized carbons (Fsp3) is 0.500. The second-order valence-electron chi connectivity index (χ2n) is 6.16. The zero-order valence-electron chi connectivity index (χ0n) is 12.5. The maximum absolute atomic E-state index is 12.1. The topological polar surface area (TPSA) is 32.3 Å². The van der Waals surface area contributed by atoms with Gasteiger partial charge in [-0.05, 0) is 43.7 Å². The van der Waals surface area contributed by atoms with Gasteiger partial charge in [0.1, 0.15) is 0 Å². The Bertz CT molecular complexity index is 497. The van der Waals surface area contributed by atoms with Crippen LogP contribution < -0.4 is 10.2 Å². The van der Waals surface area contributed by atoms with Crippen molar-refractivity contribution < 1.29 is 4.79 Å². The van der Waals surface area contributed by atoms with Crippen LogP contribution in [-0.4, -0.2) is 25.5 Å². The number of carbonyl (C=O) groups excluding carboxylic acids is 1. The molecule has 3 nitrogen and oxygen atoms in total. The van der Waals surface area contributed by atoms with Crippen LogP contribution in [0.5, 0.6) is 0 Å². The summed E-state index contributed by atoms with van der Waals surface area (Å²) in [4.78, 5) is 14.6. The lowest BCUT2D eigenvalue weighted by Crippen LogP contribution is -2.35. The van der Waals surface area contributed by atoms with Crippen molar-refractivity contribution in [2.45, 2.75) is 25.7 Å². The Morgan fingerprint density at radius 3 is 2.81 bits per heavy atom. The molecule has 1 aromatic carbocycles. The summed E-state index contributed by atoms with van der Waals surface area (Å²) in [6.45, 7) is 2.97. The van der Waals surface area contributed by atoms with Crippen LogP contribution in [0.1, 0.15) is 25.7 Å². The average Bonchev–Trinajstić information content (AvgIpc) is 3.03. The summed E-state index contributed by atoms with van der Waals surface area (Å²) >= 11 is 0. The van der Waals surface area contributed by atoms with Crippen molar-refractivity contribution >= 4 is 11.6 Å². The van der Waals surface area contributed by atoms with Crippen LogP contribution in [0.4, 0.5) is 5.69 Å². The summed E-state index contributed by atoms with van der Waals surface area (Å²) < 4.78 is 0. The van der Waals surface area contributed by atoms with E-state index in [1.165, 1.54) is 12.1 Å². The first-order valence-corrected chi connectivity index (χ1v) is 8.05. The van der Waals surface area contributed by atoms with Gasteiger partial charge >= 0.3 is 0 Å². The number of benzene rings is 1. The van der Waals surface area contributed by atoms with Crippen molar-refractivity contribution in [3.05, 3.63) is 42.5 Å². The summed E-state index contributed by atoms with van der Waals surface area (Å²) in [7, 11) is 0. The predicted molar refractivity (Wildman–Crippen MR) is 86.3 cm³/mol. The van der Waals surface area contributed by atoms with Crippen LogP contribution >= 0.6 is 0 Å². The number of carbonyl (C=O) groups is 1. The smallest absolute Gasteiger partial charge is 0.223 e. The minimum atomic E-state index is 0.196. The molecule has 1 amide bonds. The molecule has 21 heavy (non-hydrogen) atoms. The molecule has 1 aliphatic heterocycles. The molecule has 1 fully saturated rings. The van der Waals surface area contributed by atoms with Crippen molar-refractivity contribution in [3.8, 4) is 0 Å². The van der Waals surface area contributed by atoms with Gasteiger partial charge in [-0.25, -0.2) is 0 Å². The molecule has 2 unspecified atom stereocenters. The summed E-state index contributed by atoms with van der Waals surface area (Å²) in [6.07, 6.45) is 8.44. The third kappa shape index (κ3) is 3.66.